The average Bonchev–Trinajstić information content (AvgIpc) is 3.29. The van der Waals surface area contributed by atoms with Crippen molar-refractivity contribution in [3.8, 4) is 22.9 Å². The molecule has 0 radical (unpaired) electrons. The summed E-state index contributed by atoms with van der Waals surface area (Å²) in [5.41, 5.74) is 1.64. The van der Waals surface area contributed by atoms with E-state index in [1.807, 2.05) is 45.0 Å². The number of aryl methyl sites for hydroxylation is 1. The third-order valence-electron chi connectivity index (χ3n) is 5.65. The van der Waals surface area contributed by atoms with Gasteiger partial charge < -0.3 is 14.0 Å². The summed E-state index contributed by atoms with van der Waals surface area (Å²) in [5.74, 6) is 2.47. The zero-order valence-electron chi connectivity index (χ0n) is 19.9. The van der Waals surface area contributed by atoms with E-state index in [1.54, 1.807) is 25.3 Å². The molecule has 0 unspecified atom stereocenters. The molecule has 10 heteroatoms. The molecule has 0 spiro atoms. The number of ether oxygens (including phenoxy) is 2. The number of benzene rings is 2. The molecule has 9 nitrogen and oxygen atoms in total. The van der Waals surface area contributed by atoms with Gasteiger partial charge in [-0.25, -0.2) is 8.42 Å². The Morgan fingerprint density at radius 2 is 1.76 bits per heavy atom. The van der Waals surface area contributed by atoms with Crippen molar-refractivity contribution in [1.29, 1.82) is 0 Å². The standard InChI is InChI=1S/C24H30N4O5S/c1-17(2)32-22-10-9-21(15-18(22)3)34(29,30)28-13-11-27(12-14-28)16-23-25-24(26-33-23)19-5-7-20(31-4)8-6-19/h5-10,15,17H,11-14,16H2,1-4H3. The van der Waals surface area contributed by atoms with Crippen molar-refractivity contribution in [2.24, 2.45) is 0 Å². The highest BCUT2D eigenvalue weighted by Gasteiger charge is 2.29. The molecule has 1 aliphatic rings. The first kappa shape index (κ1) is 24.2. The van der Waals surface area contributed by atoms with E-state index >= 15 is 0 Å². The van der Waals surface area contributed by atoms with Crippen LogP contribution >= 0.6 is 0 Å². The lowest BCUT2D eigenvalue weighted by molar-refractivity contribution is 0.163. The van der Waals surface area contributed by atoms with E-state index in [1.165, 1.54) is 4.31 Å². The summed E-state index contributed by atoms with van der Waals surface area (Å²) in [6, 6.07) is 12.5. The number of hydrogen-bond donors (Lipinski definition) is 0. The van der Waals surface area contributed by atoms with Crippen LogP contribution in [-0.2, 0) is 16.6 Å². The topological polar surface area (TPSA) is 98.0 Å². The third kappa shape index (κ3) is 5.40. The van der Waals surface area contributed by atoms with Gasteiger partial charge in [0.2, 0.25) is 21.7 Å². The Morgan fingerprint density at radius 1 is 1.06 bits per heavy atom. The second kappa shape index (κ2) is 10.1. The van der Waals surface area contributed by atoms with Crippen LogP contribution in [0.3, 0.4) is 0 Å². The van der Waals surface area contributed by atoms with Crippen LogP contribution in [0.4, 0.5) is 0 Å². The highest BCUT2D eigenvalue weighted by Crippen LogP contribution is 2.26. The average molecular weight is 487 g/mol. The lowest BCUT2D eigenvalue weighted by Crippen LogP contribution is -2.48. The number of sulfonamides is 1. The van der Waals surface area contributed by atoms with Gasteiger partial charge >= 0.3 is 0 Å². The van der Waals surface area contributed by atoms with Crippen LogP contribution in [-0.4, -0.2) is 67.2 Å². The van der Waals surface area contributed by atoms with Gasteiger partial charge in [0.25, 0.3) is 0 Å². The quantitative estimate of drug-likeness (QED) is 0.478. The fourth-order valence-electron chi connectivity index (χ4n) is 3.81. The zero-order valence-corrected chi connectivity index (χ0v) is 20.7. The Bertz CT molecular complexity index is 1220. The minimum atomic E-state index is -3.57. The van der Waals surface area contributed by atoms with Crippen molar-refractivity contribution in [1.82, 2.24) is 19.3 Å². The fourth-order valence-corrected chi connectivity index (χ4v) is 5.32. The Balaban J connectivity index is 1.36. The van der Waals surface area contributed by atoms with Crippen molar-refractivity contribution in [2.75, 3.05) is 33.3 Å². The van der Waals surface area contributed by atoms with Gasteiger partial charge in [0.05, 0.1) is 24.7 Å². The van der Waals surface area contributed by atoms with Gasteiger partial charge in [0, 0.05) is 31.7 Å². The highest BCUT2D eigenvalue weighted by molar-refractivity contribution is 7.89. The predicted molar refractivity (Wildman–Crippen MR) is 127 cm³/mol. The maximum absolute atomic E-state index is 13.2. The summed E-state index contributed by atoms with van der Waals surface area (Å²) in [4.78, 5) is 6.88. The Morgan fingerprint density at radius 3 is 2.38 bits per heavy atom. The molecule has 2 heterocycles. The number of hydrogen-bond acceptors (Lipinski definition) is 8. The Hall–Kier alpha value is -2.95. The van der Waals surface area contributed by atoms with Crippen LogP contribution in [0.1, 0.15) is 25.3 Å². The van der Waals surface area contributed by atoms with E-state index in [2.05, 4.69) is 15.0 Å². The van der Waals surface area contributed by atoms with E-state index in [0.29, 0.717) is 50.2 Å². The molecule has 0 aliphatic carbocycles. The van der Waals surface area contributed by atoms with Gasteiger partial charge in [-0.15, -0.1) is 0 Å². The normalized spacial score (nSPS) is 15.6. The summed E-state index contributed by atoms with van der Waals surface area (Å²) in [6.45, 7) is 8.16. The maximum Gasteiger partial charge on any atom is 0.243 e. The van der Waals surface area contributed by atoms with Crippen molar-refractivity contribution in [3.63, 3.8) is 0 Å². The second-order valence-electron chi connectivity index (χ2n) is 8.51. The van der Waals surface area contributed by atoms with Crippen LogP contribution in [0.2, 0.25) is 0 Å². The number of aromatic nitrogens is 2. The fraction of sp³-hybridized carbons (Fsp3) is 0.417. The number of nitrogens with zero attached hydrogens (tertiary/aromatic N) is 4. The third-order valence-corrected chi connectivity index (χ3v) is 7.55. The van der Waals surface area contributed by atoms with E-state index in [0.717, 1.165) is 16.9 Å². The molecule has 0 N–H and O–H groups in total. The van der Waals surface area contributed by atoms with Crippen molar-refractivity contribution in [2.45, 2.75) is 38.3 Å². The molecule has 0 amide bonds. The first-order valence-electron chi connectivity index (χ1n) is 11.2. The summed E-state index contributed by atoms with van der Waals surface area (Å²) in [6.07, 6.45) is 0.0281. The molecular weight excluding hydrogens is 456 g/mol. The molecular formula is C24H30N4O5S. The molecule has 4 rings (SSSR count). The first-order valence-corrected chi connectivity index (χ1v) is 12.7. The summed E-state index contributed by atoms with van der Waals surface area (Å²) in [7, 11) is -1.96. The van der Waals surface area contributed by atoms with Crippen LogP contribution in [0, 0.1) is 6.92 Å². The number of rotatable bonds is 8. The van der Waals surface area contributed by atoms with Crippen LogP contribution in [0.25, 0.3) is 11.4 Å². The van der Waals surface area contributed by atoms with E-state index < -0.39 is 10.0 Å². The maximum atomic E-state index is 13.2. The van der Waals surface area contributed by atoms with Crippen molar-refractivity contribution < 1.29 is 22.4 Å². The molecule has 0 saturated carbocycles. The van der Waals surface area contributed by atoms with Crippen molar-refractivity contribution in [3.05, 3.63) is 53.9 Å². The summed E-state index contributed by atoms with van der Waals surface area (Å²) in [5, 5.41) is 4.06. The van der Waals surface area contributed by atoms with Gasteiger partial charge in [-0.2, -0.15) is 9.29 Å². The summed E-state index contributed by atoms with van der Waals surface area (Å²) >= 11 is 0. The number of methoxy groups -OCH3 is 1. The number of piperazine rings is 1. The van der Waals surface area contributed by atoms with Crippen LogP contribution < -0.4 is 9.47 Å². The van der Waals surface area contributed by atoms with Gasteiger partial charge in [0.15, 0.2) is 0 Å². The Kier molecular flexibility index (Phi) is 7.20. The lowest BCUT2D eigenvalue weighted by atomic mass is 10.2. The molecule has 0 atom stereocenters. The molecule has 0 bridgehead atoms. The van der Waals surface area contributed by atoms with E-state index in [-0.39, 0.29) is 11.0 Å². The van der Waals surface area contributed by atoms with Gasteiger partial charge in [0.1, 0.15) is 11.5 Å². The molecule has 1 aromatic heterocycles. The van der Waals surface area contributed by atoms with Gasteiger partial charge in [-0.3, -0.25) is 4.90 Å². The SMILES string of the molecule is COc1ccc(-c2noc(CN3CCN(S(=O)(=O)c4ccc(OC(C)C)c(C)c4)CC3)n2)cc1. The van der Waals surface area contributed by atoms with Crippen LogP contribution in [0.5, 0.6) is 11.5 Å². The highest BCUT2D eigenvalue weighted by atomic mass is 32.2. The molecule has 182 valence electrons. The monoisotopic (exact) mass is 486 g/mol. The molecule has 3 aromatic rings. The minimum absolute atomic E-state index is 0.0281. The van der Waals surface area contributed by atoms with Gasteiger partial charge in [-0.05, 0) is 68.8 Å². The van der Waals surface area contributed by atoms with Crippen molar-refractivity contribution >= 4 is 10.0 Å². The minimum Gasteiger partial charge on any atom is -0.497 e. The summed E-state index contributed by atoms with van der Waals surface area (Å²) < 4.78 is 44.2. The molecule has 2 aromatic carbocycles. The largest absolute Gasteiger partial charge is 0.497 e. The van der Waals surface area contributed by atoms with Gasteiger partial charge in [-0.1, -0.05) is 5.16 Å². The predicted octanol–water partition coefficient (Wildman–Crippen LogP) is 3.35. The molecule has 1 fully saturated rings. The first-order chi connectivity index (χ1) is 16.3. The van der Waals surface area contributed by atoms with E-state index in [9.17, 15) is 8.42 Å². The smallest absolute Gasteiger partial charge is 0.243 e. The second-order valence-corrected chi connectivity index (χ2v) is 10.5. The van der Waals surface area contributed by atoms with E-state index in [4.69, 9.17) is 14.0 Å². The molecule has 34 heavy (non-hydrogen) atoms. The lowest BCUT2D eigenvalue weighted by Gasteiger charge is -2.33. The Labute approximate surface area is 200 Å². The molecule has 1 saturated heterocycles. The zero-order chi connectivity index (χ0) is 24.3. The van der Waals surface area contributed by atoms with Crippen LogP contribution in [0.15, 0.2) is 51.9 Å². The molecule has 1 aliphatic heterocycles.